The fraction of sp³-hybridized carbons (Fsp3) is 0.632. The largest absolute Gasteiger partial charge is 0.490 e. The van der Waals surface area contributed by atoms with Crippen LogP contribution >= 0.6 is 0 Å². The summed E-state index contributed by atoms with van der Waals surface area (Å²) in [6.07, 6.45) is -3.87. The summed E-state index contributed by atoms with van der Waals surface area (Å²) in [5.74, 6) is -2.69. The number of aromatic nitrogens is 1. The first-order valence-electron chi connectivity index (χ1n) is 9.90. The molecular weight excluding hydrogens is 455 g/mol. The number of pyridine rings is 1. The number of morpholine rings is 1. The van der Waals surface area contributed by atoms with Gasteiger partial charge in [-0.05, 0) is 38.8 Å². The lowest BCUT2D eigenvalue weighted by Crippen LogP contribution is -2.59. The molecule has 2 aliphatic rings. The van der Waals surface area contributed by atoms with Crippen LogP contribution in [0.4, 0.5) is 13.2 Å². The highest BCUT2D eigenvalue weighted by Gasteiger charge is 2.44. The van der Waals surface area contributed by atoms with Gasteiger partial charge in [-0.3, -0.25) is 9.78 Å². The van der Waals surface area contributed by atoms with E-state index in [1.165, 1.54) is 4.31 Å². The predicted octanol–water partition coefficient (Wildman–Crippen LogP) is 1.57. The van der Waals surface area contributed by atoms with Crippen LogP contribution in [0.15, 0.2) is 18.2 Å². The molecule has 1 spiro atoms. The fourth-order valence-electron chi connectivity index (χ4n) is 3.47. The molecule has 1 amide bonds. The molecule has 2 aliphatic heterocycles. The average molecular weight is 481 g/mol. The number of sulfonamides is 1. The number of hydrogen-bond donors (Lipinski definition) is 1. The van der Waals surface area contributed by atoms with Crippen LogP contribution in [0.25, 0.3) is 0 Å². The van der Waals surface area contributed by atoms with E-state index in [2.05, 4.69) is 4.98 Å². The number of carboxylic acids is 1. The van der Waals surface area contributed by atoms with Crippen molar-refractivity contribution in [1.29, 1.82) is 0 Å². The lowest BCUT2D eigenvalue weighted by Gasteiger charge is -2.46. The minimum absolute atomic E-state index is 0.0439. The Morgan fingerprint density at radius 1 is 1.28 bits per heavy atom. The van der Waals surface area contributed by atoms with Gasteiger partial charge in [0.05, 0.1) is 30.1 Å². The van der Waals surface area contributed by atoms with E-state index in [1.807, 2.05) is 25.1 Å². The first kappa shape index (κ1) is 26.0. The van der Waals surface area contributed by atoms with E-state index in [0.29, 0.717) is 39.0 Å². The van der Waals surface area contributed by atoms with Crippen molar-refractivity contribution >= 4 is 21.9 Å². The van der Waals surface area contributed by atoms with Gasteiger partial charge in [0.15, 0.2) is 0 Å². The van der Waals surface area contributed by atoms with Gasteiger partial charge in [-0.2, -0.15) is 13.2 Å². The van der Waals surface area contributed by atoms with Gasteiger partial charge in [-0.1, -0.05) is 6.07 Å². The first-order chi connectivity index (χ1) is 14.8. The molecule has 1 aromatic rings. The van der Waals surface area contributed by atoms with Crippen molar-refractivity contribution in [3.8, 4) is 0 Å². The Morgan fingerprint density at radius 2 is 1.88 bits per heavy atom. The highest BCUT2D eigenvalue weighted by atomic mass is 32.2. The van der Waals surface area contributed by atoms with E-state index in [9.17, 15) is 26.4 Å². The van der Waals surface area contributed by atoms with Gasteiger partial charge in [-0.25, -0.2) is 17.5 Å². The molecule has 9 nitrogen and oxygen atoms in total. The van der Waals surface area contributed by atoms with Gasteiger partial charge in [0.1, 0.15) is 6.61 Å². The molecule has 0 unspecified atom stereocenters. The Hall–Kier alpha value is -2.25. The van der Waals surface area contributed by atoms with Gasteiger partial charge >= 0.3 is 12.1 Å². The standard InChI is InChI=1S/C17H25N3O4S.C2HF3O2/c1-3-25(22,23)20-9-7-17(8-10-20)13-19(16(21)12-24-17)11-15-6-4-5-14(2)18-15;3-2(4,5)1(6)7/h4-6H,3,7-13H2,1-2H3;(H,6,7). The minimum Gasteiger partial charge on any atom is -0.475 e. The maximum absolute atomic E-state index is 12.2. The number of amides is 1. The number of carbonyl (C=O) groups is 2. The molecule has 3 rings (SSSR count). The molecule has 32 heavy (non-hydrogen) atoms. The monoisotopic (exact) mass is 481 g/mol. The number of carboxylic acid groups (broad SMARTS) is 1. The molecule has 0 atom stereocenters. The Labute approximate surface area is 184 Å². The number of ether oxygens (including phenoxy) is 1. The molecule has 1 N–H and O–H groups in total. The molecule has 0 saturated carbocycles. The lowest BCUT2D eigenvalue weighted by atomic mass is 9.90. The third-order valence-corrected chi connectivity index (χ3v) is 7.15. The fourth-order valence-corrected chi connectivity index (χ4v) is 4.58. The predicted molar refractivity (Wildman–Crippen MR) is 107 cm³/mol. The first-order valence-corrected chi connectivity index (χ1v) is 11.5. The molecule has 1 aromatic heterocycles. The topological polar surface area (TPSA) is 117 Å². The molecule has 0 radical (unpaired) electrons. The number of piperidine rings is 1. The molecule has 2 saturated heterocycles. The summed E-state index contributed by atoms with van der Waals surface area (Å²) in [6.45, 7) is 5.47. The normalized spacial score (nSPS) is 19.4. The number of halogens is 3. The van der Waals surface area contributed by atoms with Crippen molar-refractivity contribution in [3.63, 3.8) is 0 Å². The van der Waals surface area contributed by atoms with Crippen LogP contribution in [-0.2, 0) is 30.9 Å². The van der Waals surface area contributed by atoms with E-state index in [1.54, 1.807) is 11.8 Å². The van der Waals surface area contributed by atoms with E-state index in [-0.39, 0.29) is 18.3 Å². The summed E-state index contributed by atoms with van der Waals surface area (Å²) >= 11 is 0. The maximum Gasteiger partial charge on any atom is 0.490 e. The van der Waals surface area contributed by atoms with Crippen molar-refractivity contribution in [2.45, 2.75) is 45.0 Å². The van der Waals surface area contributed by atoms with Crippen molar-refractivity contribution in [2.75, 3.05) is 32.0 Å². The number of rotatable bonds is 4. The van der Waals surface area contributed by atoms with Crippen molar-refractivity contribution in [2.24, 2.45) is 0 Å². The van der Waals surface area contributed by atoms with Crippen LogP contribution in [-0.4, -0.2) is 83.4 Å². The molecule has 3 heterocycles. The van der Waals surface area contributed by atoms with E-state index in [4.69, 9.17) is 14.6 Å². The second kappa shape index (κ2) is 10.1. The van der Waals surface area contributed by atoms with Gasteiger partial charge in [0.25, 0.3) is 0 Å². The zero-order valence-electron chi connectivity index (χ0n) is 17.8. The summed E-state index contributed by atoms with van der Waals surface area (Å²) in [6, 6.07) is 5.78. The van der Waals surface area contributed by atoms with Gasteiger partial charge in [0, 0.05) is 18.8 Å². The molecular formula is C19H26F3N3O6S. The number of hydrogen-bond acceptors (Lipinski definition) is 6. The SMILES string of the molecule is CCS(=O)(=O)N1CCC2(CC1)CN(Cc1cccc(C)n1)C(=O)CO2.O=C(O)C(F)(F)F. The van der Waals surface area contributed by atoms with E-state index < -0.39 is 27.8 Å². The second-order valence-electron chi connectivity index (χ2n) is 7.59. The van der Waals surface area contributed by atoms with Crippen molar-refractivity contribution in [1.82, 2.24) is 14.2 Å². The van der Waals surface area contributed by atoms with E-state index >= 15 is 0 Å². The zero-order valence-corrected chi connectivity index (χ0v) is 18.6. The van der Waals surface area contributed by atoms with Crippen LogP contribution < -0.4 is 0 Å². The number of alkyl halides is 3. The number of aryl methyl sites for hydroxylation is 1. The van der Waals surface area contributed by atoms with Crippen LogP contribution in [0.2, 0.25) is 0 Å². The third kappa shape index (κ3) is 6.87. The zero-order chi connectivity index (χ0) is 24.2. The van der Waals surface area contributed by atoms with E-state index in [0.717, 1.165) is 11.4 Å². The highest BCUT2D eigenvalue weighted by Crippen LogP contribution is 2.32. The van der Waals surface area contributed by atoms with Crippen LogP contribution in [0.5, 0.6) is 0 Å². The summed E-state index contributed by atoms with van der Waals surface area (Å²) < 4.78 is 63.2. The summed E-state index contributed by atoms with van der Waals surface area (Å²) in [5.41, 5.74) is 1.33. The summed E-state index contributed by atoms with van der Waals surface area (Å²) in [4.78, 5) is 27.4. The molecule has 0 aliphatic carbocycles. The molecule has 0 bridgehead atoms. The summed E-state index contributed by atoms with van der Waals surface area (Å²) in [7, 11) is -3.17. The third-order valence-electron chi connectivity index (χ3n) is 5.27. The smallest absolute Gasteiger partial charge is 0.475 e. The summed E-state index contributed by atoms with van der Waals surface area (Å²) in [5, 5.41) is 7.12. The van der Waals surface area contributed by atoms with Crippen molar-refractivity contribution < 1.29 is 41.0 Å². The molecule has 2 fully saturated rings. The number of nitrogens with zero attached hydrogens (tertiary/aromatic N) is 3. The van der Waals surface area contributed by atoms with Crippen LogP contribution in [0.1, 0.15) is 31.2 Å². The minimum atomic E-state index is -5.08. The molecule has 180 valence electrons. The second-order valence-corrected chi connectivity index (χ2v) is 9.85. The Morgan fingerprint density at radius 3 is 2.38 bits per heavy atom. The molecule has 0 aromatic carbocycles. The number of aliphatic carboxylic acids is 1. The van der Waals surface area contributed by atoms with Crippen LogP contribution in [0.3, 0.4) is 0 Å². The lowest BCUT2D eigenvalue weighted by molar-refractivity contribution is -0.192. The van der Waals surface area contributed by atoms with Gasteiger partial charge in [-0.15, -0.1) is 0 Å². The van der Waals surface area contributed by atoms with Crippen molar-refractivity contribution in [3.05, 3.63) is 29.6 Å². The quantitative estimate of drug-likeness (QED) is 0.694. The van der Waals surface area contributed by atoms with Gasteiger partial charge in [0.2, 0.25) is 15.9 Å². The number of carbonyl (C=O) groups excluding carboxylic acids is 1. The molecule has 13 heteroatoms. The highest BCUT2D eigenvalue weighted by molar-refractivity contribution is 7.89. The Kier molecular flexibility index (Phi) is 8.23. The Balaban J connectivity index is 0.000000451. The van der Waals surface area contributed by atoms with Crippen LogP contribution in [0, 0.1) is 6.92 Å². The maximum atomic E-state index is 12.2. The average Bonchev–Trinajstić information content (AvgIpc) is 2.71. The Bertz CT molecular complexity index is 930. The van der Waals surface area contributed by atoms with Gasteiger partial charge < -0.3 is 14.7 Å².